The molecule has 45 heavy (non-hydrogen) atoms. The lowest BCUT2D eigenvalue weighted by atomic mass is 9.93. The van der Waals surface area contributed by atoms with Crippen LogP contribution in [0.5, 0.6) is 0 Å². The summed E-state index contributed by atoms with van der Waals surface area (Å²) in [5.41, 5.74) is 8.58. The smallest absolute Gasteiger partial charge is 0.329 e. The number of ether oxygens (including phenoxy) is 1. The molecule has 1 amide bonds. The number of fused-ring (bicyclic) bond motifs is 3. The lowest BCUT2D eigenvalue weighted by Gasteiger charge is -2.26. The number of carbonyl (C=O) groups excluding carboxylic acids is 2. The molecule has 0 aromatic heterocycles. The fraction of sp³-hybridized carbons (Fsp3) is 0.150. The average Bonchev–Trinajstić information content (AvgIpc) is 3.41. The first-order valence-corrected chi connectivity index (χ1v) is 15.3. The number of rotatable bonds is 12. The highest BCUT2D eigenvalue weighted by Gasteiger charge is 2.35. The summed E-state index contributed by atoms with van der Waals surface area (Å²) in [4.78, 5) is 27.5. The average molecular weight is 593 g/mol. The molecular formula is C40H36N2O3. The minimum Gasteiger partial charge on any atom is -0.459 e. The molecule has 224 valence electrons. The predicted molar refractivity (Wildman–Crippen MR) is 179 cm³/mol. The van der Waals surface area contributed by atoms with Gasteiger partial charge < -0.3 is 10.1 Å². The standard InChI is InChI=1S/C40H36N2O3/c1-2-15-35(39(43)42-36(26-28-16-6-3-7-17-28)40(44)45-27-29-18-8-4-9-19-29)41-38-34-23-13-12-22-32(34)33-25-14-24-31(37(33)38)30-20-10-5-11-21-30/h2-14,16-25,35-36,38,41H,1,15,26-27H2,(H,42,43). The highest BCUT2D eigenvalue weighted by molar-refractivity contribution is 5.89. The number of nitrogens with one attached hydrogen (secondary N) is 2. The summed E-state index contributed by atoms with van der Waals surface area (Å²) in [6, 6.07) is 42.5. The maximum Gasteiger partial charge on any atom is 0.329 e. The van der Waals surface area contributed by atoms with Gasteiger partial charge in [0, 0.05) is 6.42 Å². The SMILES string of the molecule is C=CCC(NC1c2ccccc2-c2cccc(-c3ccccc3)c21)C(=O)NC(Cc1ccccc1)C(=O)OCc1ccccc1. The third-order valence-corrected chi connectivity index (χ3v) is 8.24. The Kier molecular flexibility index (Phi) is 9.28. The van der Waals surface area contributed by atoms with Crippen LogP contribution >= 0.6 is 0 Å². The van der Waals surface area contributed by atoms with E-state index in [1.54, 1.807) is 6.08 Å². The zero-order chi connectivity index (χ0) is 31.0. The van der Waals surface area contributed by atoms with Crippen LogP contribution in [0.3, 0.4) is 0 Å². The molecule has 5 aromatic rings. The van der Waals surface area contributed by atoms with Crippen LogP contribution in [-0.2, 0) is 27.4 Å². The van der Waals surface area contributed by atoms with Crippen molar-refractivity contribution in [3.05, 3.63) is 168 Å². The molecule has 1 aliphatic carbocycles. The lowest BCUT2D eigenvalue weighted by molar-refractivity contribution is -0.149. The first-order valence-electron chi connectivity index (χ1n) is 15.3. The summed E-state index contributed by atoms with van der Waals surface area (Å²) in [5, 5.41) is 6.70. The zero-order valence-electron chi connectivity index (χ0n) is 25.1. The van der Waals surface area contributed by atoms with E-state index in [-0.39, 0.29) is 18.6 Å². The molecule has 3 unspecified atom stereocenters. The van der Waals surface area contributed by atoms with Crippen LogP contribution in [0.15, 0.2) is 146 Å². The van der Waals surface area contributed by atoms with Crippen molar-refractivity contribution < 1.29 is 14.3 Å². The lowest BCUT2D eigenvalue weighted by Crippen LogP contribution is -2.51. The summed E-state index contributed by atoms with van der Waals surface area (Å²) < 4.78 is 5.70. The first kappa shape index (κ1) is 29.8. The minimum absolute atomic E-state index is 0.132. The summed E-state index contributed by atoms with van der Waals surface area (Å²) in [5.74, 6) is -0.757. The molecule has 0 fully saturated rings. The van der Waals surface area contributed by atoms with Gasteiger partial charge >= 0.3 is 5.97 Å². The van der Waals surface area contributed by atoms with Crippen molar-refractivity contribution in [2.75, 3.05) is 0 Å². The molecule has 3 atom stereocenters. The molecule has 0 saturated carbocycles. The number of benzene rings is 5. The van der Waals surface area contributed by atoms with E-state index in [1.165, 1.54) is 0 Å². The van der Waals surface area contributed by atoms with Crippen LogP contribution in [0.25, 0.3) is 22.3 Å². The summed E-state index contributed by atoms with van der Waals surface area (Å²) in [6.45, 7) is 4.08. The Balaban J connectivity index is 1.28. The second kappa shape index (κ2) is 14.0. The van der Waals surface area contributed by atoms with E-state index < -0.39 is 18.1 Å². The highest BCUT2D eigenvalue weighted by Crippen LogP contribution is 2.47. The fourth-order valence-electron chi connectivity index (χ4n) is 6.07. The largest absolute Gasteiger partial charge is 0.459 e. The Morgan fingerprint density at radius 3 is 2.00 bits per heavy atom. The molecule has 2 N–H and O–H groups in total. The number of amides is 1. The molecule has 0 spiro atoms. The Bertz CT molecular complexity index is 1770. The van der Waals surface area contributed by atoms with Crippen LogP contribution in [0.4, 0.5) is 0 Å². The number of hydrogen-bond donors (Lipinski definition) is 2. The topological polar surface area (TPSA) is 67.4 Å². The Morgan fingerprint density at radius 1 is 0.689 bits per heavy atom. The summed E-state index contributed by atoms with van der Waals surface area (Å²) in [6.07, 6.45) is 2.43. The Hall–Kier alpha value is -5.26. The first-order chi connectivity index (χ1) is 22.1. The Morgan fingerprint density at radius 2 is 1.29 bits per heavy atom. The van der Waals surface area contributed by atoms with Gasteiger partial charge in [-0.05, 0) is 50.9 Å². The summed E-state index contributed by atoms with van der Waals surface area (Å²) in [7, 11) is 0. The van der Waals surface area contributed by atoms with Crippen molar-refractivity contribution in [1.82, 2.24) is 10.6 Å². The summed E-state index contributed by atoms with van der Waals surface area (Å²) >= 11 is 0. The Labute approximate surface area is 264 Å². The molecule has 0 heterocycles. The molecule has 5 heteroatoms. The molecule has 0 saturated heterocycles. The van der Waals surface area contributed by atoms with Gasteiger partial charge in [0.1, 0.15) is 12.6 Å². The predicted octanol–water partition coefficient (Wildman–Crippen LogP) is 7.43. The van der Waals surface area contributed by atoms with Gasteiger partial charge in [0.05, 0.1) is 12.1 Å². The molecule has 6 rings (SSSR count). The van der Waals surface area contributed by atoms with Crippen LogP contribution in [-0.4, -0.2) is 24.0 Å². The molecule has 5 nitrogen and oxygen atoms in total. The molecule has 0 radical (unpaired) electrons. The molecule has 0 aliphatic heterocycles. The van der Waals surface area contributed by atoms with Gasteiger partial charge in [0.25, 0.3) is 0 Å². The van der Waals surface area contributed by atoms with Gasteiger partial charge in [-0.15, -0.1) is 6.58 Å². The van der Waals surface area contributed by atoms with Gasteiger partial charge in [-0.25, -0.2) is 4.79 Å². The quantitative estimate of drug-likeness (QED) is 0.117. The van der Waals surface area contributed by atoms with E-state index in [4.69, 9.17) is 4.74 Å². The van der Waals surface area contributed by atoms with Crippen LogP contribution in [0.2, 0.25) is 0 Å². The number of hydrogen-bond acceptors (Lipinski definition) is 4. The van der Waals surface area contributed by atoms with E-state index in [0.29, 0.717) is 12.8 Å². The van der Waals surface area contributed by atoms with Crippen molar-refractivity contribution in [1.29, 1.82) is 0 Å². The van der Waals surface area contributed by atoms with E-state index in [2.05, 4.69) is 59.7 Å². The second-order valence-electron chi connectivity index (χ2n) is 11.2. The molecule has 5 aromatic carbocycles. The minimum atomic E-state index is -0.860. The number of esters is 1. The molecule has 0 bridgehead atoms. The van der Waals surface area contributed by atoms with Crippen molar-refractivity contribution in [2.45, 2.75) is 37.6 Å². The van der Waals surface area contributed by atoms with Crippen LogP contribution < -0.4 is 10.6 Å². The fourth-order valence-corrected chi connectivity index (χ4v) is 6.07. The van der Waals surface area contributed by atoms with E-state index >= 15 is 0 Å². The molecule has 1 aliphatic rings. The molecular weight excluding hydrogens is 556 g/mol. The van der Waals surface area contributed by atoms with Crippen molar-refractivity contribution in [3.63, 3.8) is 0 Å². The maximum absolute atomic E-state index is 14.0. The van der Waals surface area contributed by atoms with Gasteiger partial charge in [-0.2, -0.15) is 0 Å². The van der Waals surface area contributed by atoms with E-state index in [0.717, 1.165) is 44.5 Å². The van der Waals surface area contributed by atoms with Gasteiger partial charge in [-0.3, -0.25) is 10.1 Å². The van der Waals surface area contributed by atoms with Crippen LogP contribution in [0.1, 0.15) is 34.7 Å². The van der Waals surface area contributed by atoms with Crippen molar-refractivity contribution >= 4 is 11.9 Å². The maximum atomic E-state index is 14.0. The zero-order valence-corrected chi connectivity index (χ0v) is 25.1. The van der Waals surface area contributed by atoms with Gasteiger partial charge in [0.2, 0.25) is 5.91 Å². The third kappa shape index (κ3) is 6.79. The van der Waals surface area contributed by atoms with Gasteiger partial charge in [-0.1, -0.05) is 140 Å². The third-order valence-electron chi connectivity index (χ3n) is 8.24. The van der Waals surface area contributed by atoms with E-state index in [9.17, 15) is 9.59 Å². The second-order valence-corrected chi connectivity index (χ2v) is 11.2. The van der Waals surface area contributed by atoms with Crippen LogP contribution in [0, 0.1) is 0 Å². The van der Waals surface area contributed by atoms with Crippen molar-refractivity contribution in [3.8, 4) is 22.3 Å². The normalized spacial score (nSPS) is 14.4. The highest BCUT2D eigenvalue weighted by atomic mass is 16.5. The number of carbonyl (C=O) groups is 2. The monoisotopic (exact) mass is 592 g/mol. The van der Waals surface area contributed by atoms with E-state index in [1.807, 2.05) is 91.0 Å². The van der Waals surface area contributed by atoms with Gasteiger partial charge in [0.15, 0.2) is 0 Å². The van der Waals surface area contributed by atoms with Crippen molar-refractivity contribution in [2.24, 2.45) is 0 Å².